The maximum absolute atomic E-state index is 8.80. The van der Waals surface area contributed by atoms with E-state index in [-0.39, 0.29) is 6.04 Å². The van der Waals surface area contributed by atoms with Gasteiger partial charge in [0.05, 0.1) is 12.1 Å². The molecule has 0 aliphatic carbocycles. The summed E-state index contributed by atoms with van der Waals surface area (Å²) in [6, 6.07) is 2.33. The lowest BCUT2D eigenvalue weighted by atomic mass is 10.2. The van der Waals surface area contributed by atoms with Crippen LogP contribution in [-0.2, 0) is 0 Å². The summed E-state index contributed by atoms with van der Waals surface area (Å²) in [5.74, 6) is 1.08. The van der Waals surface area contributed by atoms with Gasteiger partial charge in [-0.05, 0) is 30.4 Å². The van der Waals surface area contributed by atoms with Crippen molar-refractivity contribution in [3.05, 3.63) is 0 Å². The molecule has 0 radical (unpaired) electrons. The first kappa shape index (κ1) is 12.8. The summed E-state index contributed by atoms with van der Waals surface area (Å²) in [5, 5.41) is 12.7. The van der Waals surface area contributed by atoms with Crippen molar-refractivity contribution in [1.82, 2.24) is 5.32 Å². The van der Waals surface area contributed by atoms with Crippen LogP contribution >= 0.6 is 11.8 Å². The SMILES string of the molecule is CCCNC(C#N)CCSC(C)C. The lowest BCUT2D eigenvalue weighted by Crippen LogP contribution is -2.28. The molecule has 1 unspecified atom stereocenters. The molecule has 0 bridgehead atoms. The summed E-state index contributed by atoms with van der Waals surface area (Å²) in [7, 11) is 0. The van der Waals surface area contributed by atoms with E-state index >= 15 is 0 Å². The van der Waals surface area contributed by atoms with Crippen LogP contribution in [0.2, 0.25) is 0 Å². The van der Waals surface area contributed by atoms with E-state index in [1.54, 1.807) is 0 Å². The van der Waals surface area contributed by atoms with Gasteiger partial charge in [-0.2, -0.15) is 17.0 Å². The van der Waals surface area contributed by atoms with E-state index in [2.05, 4.69) is 32.2 Å². The minimum Gasteiger partial charge on any atom is -0.302 e. The molecule has 76 valence electrons. The van der Waals surface area contributed by atoms with Gasteiger partial charge in [-0.1, -0.05) is 20.8 Å². The molecule has 1 atom stereocenters. The quantitative estimate of drug-likeness (QED) is 0.685. The van der Waals surface area contributed by atoms with Gasteiger partial charge in [-0.15, -0.1) is 0 Å². The lowest BCUT2D eigenvalue weighted by Gasteiger charge is -2.10. The Labute approximate surface area is 86.1 Å². The molecule has 0 rings (SSSR count). The number of rotatable bonds is 7. The first-order valence-corrected chi connectivity index (χ1v) is 6.00. The highest BCUT2D eigenvalue weighted by molar-refractivity contribution is 7.99. The fourth-order valence-corrected chi connectivity index (χ4v) is 1.80. The van der Waals surface area contributed by atoms with Crippen LogP contribution in [0.1, 0.15) is 33.6 Å². The molecular formula is C10H20N2S. The first-order chi connectivity index (χ1) is 6.20. The molecule has 0 aliphatic heterocycles. The van der Waals surface area contributed by atoms with Crippen molar-refractivity contribution in [2.45, 2.75) is 44.9 Å². The van der Waals surface area contributed by atoms with E-state index in [9.17, 15) is 0 Å². The van der Waals surface area contributed by atoms with Crippen LogP contribution in [0.4, 0.5) is 0 Å². The fourth-order valence-electron chi connectivity index (χ4n) is 0.952. The molecule has 0 amide bonds. The van der Waals surface area contributed by atoms with Crippen molar-refractivity contribution in [3.8, 4) is 6.07 Å². The molecule has 0 saturated carbocycles. The van der Waals surface area contributed by atoms with E-state index in [0.29, 0.717) is 5.25 Å². The zero-order valence-electron chi connectivity index (χ0n) is 8.84. The van der Waals surface area contributed by atoms with Crippen molar-refractivity contribution in [3.63, 3.8) is 0 Å². The van der Waals surface area contributed by atoms with Gasteiger partial charge in [0.15, 0.2) is 0 Å². The fraction of sp³-hybridized carbons (Fsp3) is 0.900. The average molecular weight is 200 g/mol. The second-order valence-electron chi connectivity index (χ2n) is 3.34. The highest BCUT2D eigenvalue weighted by Gasteiger charge is 2.05. The van der Waals surface area contributed by atoms with Gasteiger partial charge in [-0.25, -0.2) is 0 Å². The molecule has 3 heteroatoms. The lowest BCUT2D eigenvalue weighted by molar-refractivity contribution is 0.585. The average Bonchev–Trinajstić information content (AvgIpc) is 2.10. The molecule has 1 N–H and O–H groups in total. The third-order valence-electron chi connectivity index (χ3n) is 1.65. The highest BCUT2D eigenvalue weighted by atomic mass is 32.2. The smallest absolute Gasteiger partial charge is 0.0960 e. The Morgan fingerprint density at radius 2 is 2.15 bits per heavy atom. The van der Waals surface area contributed by atoms with E-state index in [1.807, 2.05) is 11.8 Å². The van der Waals surface area contributed by atoms with Gasteiger partial charge in [-0.3, -0.25) is 0 Å². The summed E-state index contributed by atoms with van der Waals surface area (Å²) in [6.07, 6.45) is 2.05. The predicted octanol–water partition coefficient (Wildman–Crippen LogP) is 2.41. The highest BCUT2D eigenvalue weighted by Crippen LogP contribution is 2.11. The molecule has 0 spiro atoms. The number of hydrogen-bond donors (Lipinski definition) is 1. The Kier molecular flexibility index (Phi) is 8.27. The van der Waals surface area contributed by atoms with E-state index in [0.717, 1.165) is 25.1 Å². The number of nitriles is 1. The van der Waals surface area contributed by atoms with E-state index in [1.165, 1.54) is 0 Å². The monoisotopic (exact) mass is 200 g/mol. The maximum Gasteiger partial charge on any atom is 0.0960 e. The molecule has 0 saturated heterocycles. The van der Waals surface area contributed by atoms with Crippen LogP contribution in [0.3, 0.4) is 0 Å². The number of thioether (sulfide) groups is 1. The largest absolute Gasteiger partial charge is 0.302 e. The zero-order chi connectivity index (χ0) is 10.1. The normalized spacial score (nSPS) is 12.8. The van der Waals surface area contributed by atoms with Crippen molar-refractivity contribution < 1.29 is 0 Å². The van der Waals surface area contributed by atoms with Gasteiger partial charge in [0, 0.05) is 0 Å². The summed E-state index contributed by atoms with van der Waals surface area (Å²) >= 11 is 1.92. The standard InChI is InChI=1S/C10H20N2S/c1-4-6-12-10(8-11)5-7-13-9(2)3/h9-10,12H,4-7H2,1-3H3. The Bertz CT molecular complexity index is 151. The van der Waals surface area contributed by atoms with Gasteiger partial charge < -0.3 is 5.32 Å². The predicted molar refractivity (Wildman–Crippen MR) is 59.9 cm³/mol. The third kappa shape index (κ3) is 8.14. The van der Waals surface area contributed by atoms with Crippen LogP contribution in [0.15, 0.2) is 0 Å². The Morgan fingerprint density at radius 1 is 1.46 bits per heavy atom. The van der Waals surface area contributed by atoms with Crippen LogP contribution in [-0.4, -0.2) is 23.6 Å². The Hall–Kier alpha value is -0.200. The summed E-state index contributed by atoms with van der Waals surface area (Å²) < 4.78 is 0. The molecule has 2 nitrogen and oxygen atoms in total. The minimum atomic E-state index is 0.0474. The molecule has 0 heterocycles. The van der Waals surface area contributed by atoms with Crippen molar-refractivity contribution in [1.29, 1.82) is 5.26 Å². The Balaban J connectivity index is 3.44. The van der Waals surface area contributed by atoms with Crippen molar-refractivity contribution >= 4 is 11.8 Å². The number of hydrogen-bond acceptors (Lipinski definition) is 3. The molecule has 13 heavy (non-hydrogen) atoms. The van der Waals surface area contributed by atoms with Crippen LogP contribution < -0.4 is 5.32 Å². The molecule has 0 aromatic carbocycles. The summed E-state index contributed by atoms with van der Waals surface area (Å²) in [5.41, 5.74) is 0. The van der Waals surface area contributed by atoms with E-state index in [4.69, 9.17) is 5.26 Å². The molecule has 0 fully saturated rings. The summed E-state index contributed by atoms with van der Waals surface area (Å²) in [4.78, 5) is 0. The number of nitrogens with zero attached hydrogens (tertiary/aromatic N) is 1. The second kappa shape index (κ2) is 8.40. The summed E-state index contributed by atoms with van der Waals surface area (Å²) in [6.45, 7) is 7.44. The molecule has 0 aromatic heterocycles. The number of nitrogens with one attached hydrogen (secondary N) is 1. The van der Waals surface area contributed by atoms with Gasteiger partial charge >= 0.3 is 0 Å². The van der Waals surface area contributed by atoms with Crippen molar-refractivity contribution in [2.75, 3.05) is 12.3 Å². The van der Waals surface area contributed by atoms with Crippen LogP contribution in [0.25, 0.3) is 0 Å². The molecule has 0 aromatic rings. The van der Waals surface area contributed by atoms with E-state index < -0.39 is 0 Å². The second-order valence-corrected chi connectivity index (χ2v) is 5.03. The van der Waals surface area contributed by atoms with Gasteiger partial charge in [0.2, 0.25) is 0 Å². The minimum absolute atomic E-state index is 0.0474. The first-order valence-electron chi connectivity index (χ1n) is 4.95. The van der Waals surface area contributed by atoms with Crippen LogP contribution in [0.5, 0.6) is 0 Å². The van der Waals surface area contributed by atoms with Gasteiger partial charge in [0.25, 0.3) is 0 Å². The van der Waals surface area contributed by atoms with Crippen molar-refractivity contribution in [2.24, 2.45) is 0 Å². The zero-order valence-corrected chi connectivity index (χ0v) is 9.66. The molecular weight excluding hydrogens is 180 g/mol. The third-order valence-corrected chi connectivity index (χ3v) is 2.79. The topological polar surface area (TPSA) is 35.8 Å². The van der Waals surface area contributed by atoms with Gasteiger partial charge in [0.1, 0.15) is 0 Å². The Morgan fingerprint density at radius 3 is 2.62 bits per heavy atom. The molecule has 0 aliphatic rings. The maximum atomic E-state index is 8.80. The van der Waals surface area contributed by atoms with Crippen LogP contribution in [0, 0.1) is 11.3 Å².